The molecule has 7 heteroatoms. The highest BCUT2D eigenvalue weighted by Gasteiger charge is 2.20. The van der Waals surface area contributed by atoms with Crippen LogP contribution in [0.25, 0.3) is 5.69 Å². The largest absolute Gasteiger partial charge is 0.347 e. The molecule has 1 aliphatic rings. The summed E-state index contributed by atoms with van der Waals surface area (Å²) < 4.78 is 3.26. The SMILES string of the molecule is C/C=C(/C)Cn1c(C(=O)NCc2csc3c2C/C(=C/C)CC3)ccc(-n2cnc(C)c2)c1=O. The molecule has 0 bridgehead atoms. The first-order chi connectivity index (χ1) is 15.9. The minimum Gasteiger partial charge on any atom is -0.347 e. The van der Waals surface area contributed by atoms with Crippen LogP contribution in [0.2, 0.25) is 0 Å². The summed E-state index contributed by atoms with van der Waals surface area (Å²) in [4.78, 5) is 32.2. The normalized spacial score (nSPS) is 15.0. The third-order valence-corrected chi connectivity index (χ3v) is 7.41. The summed E-state index contributed by atoms with van der Waals surface area (Å²) in [6, 6.07) is 3.43. The van der Waals surface area contributed by atoms with E-state index in [0.29, 0.717) is 24.5 Å². The Hall–Kier alpha value is -3.19. The van der Waals surface area contributed by atoms with Crippen molar-refractivity contribution in [3.8, 4) is 5.69 Å². The van der Waals surface area contributed by atoms with Crippen molar-refractivity contribution in [3.05, 3.63) is 91.1 Å². The minimum atomic E-state index is -0.244. The lowest BCUT2D eigenvalue weighted by molar-refractivity contribution is 0.0940. The van der Waals surface area contributed by atoms with Crippen LogP contribution in [0.5, 0.6) is 0 Å². The van der Waals surface area contributed by atoms with E-state index in [4.69, 9.17) is 0 Å². The predicted molar refractivity (Wildman–Crippen MR) is 133 cm³/mol. The molecule has 3 heterocycles. The molecule has 1 amide bonds. The van der Waals surface area contributed by atoms with Crippen molar-refractivity contribution in [2.75, 3.05) is 0 Å². The van der Waals surface area contributed by atoms with Gasteiger partial charge in [0.25, 0.3) is 11.5 Å². The fourth-order valence-electron chi connectivity index (χ4n) is 4.15. The Bertz CT molecular complexity index is 1310. The number of thiophene rings is 1. The minimum absolute atomic E-state index is 0.216. The number of fused-ring (bicyclic) bond motifs is 1. The van der Waals surface area contributed by atoms with Gasteiger partial charge >= 0.3 is 0 Å². The molecule has 0 fully saturated rings. The summed E-state index contributed by atoms with van der Waals surface area (Å²) in [5.74, 6) is -0.244. The Labute approximate surface area is 198 Å². The summed E-state index contributed by atoms with van der Waals surface area (Å²) in [6.07, 6.45) is 10.7. The van der Waals surface area contributed by atoms with Crippen LogP contribution in [0, 0.1) is 6.92 Å². The molecule has 1 N–H and O–H groups in total. The van der Waals surface area contributed by atoms with Gasteiger partial charge in [-0.05, 0) is 75.6 Å². The van der Waals surface area contributed by atoms with Gasteiger partial charge in [-0.25, -0.2) is 4.98 Å². The first-order valence-corrected chi connectivity index (χ1v) is 12.2. The van der Waals surface area contributed by atoms with Gasteiger partial charge in [-0.2, -0.15) is 0 Å². The number of aryl methyl sites for hydroxylation is 2. The van der Waals surface area contributed by atoms with Gasteiger partial charge < -0.3 is 9.88 Å². The van der Waals surface area contributed by atoms with Crippen molar-refractivity contribution in [1.82, 2.24) is 19.4 Å². The van der Waals surface area contributed by atoms with Gasteiger partial charge in [-0.1, -0.05) is 23.3 Å². The summed E-state index contributed by atoms with van der Waals surface area (Å²) >= 11 is 1.78. The Morgan fingerprint density at radius 2 is 2.09 bits per heavy atom. The number of hydrogen-bond acceptors (Lipinski definition) is 4. The van der Waals surface area contributed by atoms with Crippen LogP contribution in [-0.2, 0) is 25.9 Å². The highest BCUT2D eigenvalue weighted by Crippen LogP contribution is 2.32. The summed E-state index contributed by atoms with van der Waals surface area (Å²) in [7, 11) is 0. The zero-order chi connectivity index (χ0) is 23.5. The van der Waals surface area contributed by atoms with Crippen LogP contribution in [0.3, 0.4) is 0 Å². The summed E-state index contributed by atoms with van der Waals surface area (Å²) in [5.41, 5.74) is 6.44. The van der Waals surface area contributed by atoms with E-state index in [9.17, 15) is 9.59 Å². The monoisotopic (exact) mass is 462 g/mol. The molecule has 0 spiro atoms. The number of imidazole rings is 1. The zero-order valence-corrected chi connectivity index (χ0v) is 20.5. The highest BCUT2D eigenvalue weighted by molar-refractivity contribution is 7.10. The molecule has 33 heavy (non-hydrogen) atoms. The van der Waals surface area contributed by atoms with E-state index in [2.05, 4.69) is 28.7 Å². The lowest BCUT2D eigenvalue weighted by atomic mass is 9.91. The molecule has 3 aromatic rings. The Morgan fingerprint density at radius 3 is 2.79 bits per heavy atom. The maximum atomic E-state index is 13.4. The predicted octanol–water partition coefficient (Wildman–Crippen LogP) is 4.74. The molecule has 1 aliphatic carbocycles. The van der Waals surface area contributed by atoms with Crippen molar-refractivity contribution >= 4 is 17.2 Å². The molecule has 172 valence electrons. The number of hydrogen-bond donors (Lipinski definition) is 1. The second kappa shape index (κ2) is 9.75. The van der Waals surface area contributed by atoms with E-state index in [-0.39, 0.29) is 11.5 Å². The first-order valence-electron chi connectivity index (χ1n) is 11.3. The molecular weight excluding hydrogens is 432 g/mol. The van der Waals surface area contributed by atoms with Gasteiger partial charge in [0.15, 0.2) is 0 Å². The van der Waals surface area contributed by atoms with E-state index in [1.54, 1.807) is 38.9 Å². The van der Waals surface area contributed by atoms with Gasteiger partial charge in [0, 0.05) is 24.2 Å². The number of carbonyl (C=O) groups excluding carboxylic acids is 1. The molecule has 0 atom stereocenters. The third-order valence-electron chi connectivity index (χ3n) is 6.27. The van der Waals surface area contributed by atoms with Gasteiger partial charge in [0.1, 0.15) is 11.4 Å². The molecule has 0 saturated heterocycles. The van der Waals surface area contributed by atoms with Crippen molar-refractivity contribution in [2.24, 2.45) is 0 Å². The number of carbonyl (C=O) groups is 1. The standard InChI is InChI=1S/C26H30N4O2S/c1-5-17(3)13-30-22(8-9-23(26(30)32)29-14-18(4)28-16-29)25(31)27-12-20-15-33-24-10-7-19(6-2)11-21(20)24/h5-6,8-9,14-16H,7,10-13H2,1-4H3,(H,27,31)/b17-5-,19-6+. The smallest absolute Gasteiger partial charge is 0.275 e. The quantitative estimate of drug-likeness (QED) is 0.538. The van der Waals surface area contributed by atoms with Crippen LogP contribution < -0.4 is 10.9 Å². The Balaban J connectivity index is 1.62. The molecule has 0 aromatic carbocycles. The van der Waals surface area contributed by atoms with E-state index >= 15 is 0 Å². The average molecular weight is 463 g/mol. The molecule has 0 unspecified atom stereocenters. The van der Waals surface area contributed by atoms with Crippen molar-refractivity contribution < 1.29 is 4.79 Å². The second-order valence-corrected chi connectivity index (χ2v) is 9.49. The molecule has 4 rings (SSSR count). The van der Waals surface area contributed by atoms with Crippen LogP contribution in [0.1, 0.15) is 59.4 Å². The average Bonchev–Trinajstić information content (AvgIpc) is 3.43. The van der Waals surface area contributed by atoms with E-state index < -0.39 is 0 Å². The number of nitrogens with one attached hydrogen (secondary N) is 1. The number of pyridine rings is 1. The van der Waals surface area contributed by atoms with E-state index in [1.807, 2.05) is 33.0 Å². The first kappa shape index (κ1) is 23.0. The van der Waals surface area contributed by atoms with Crippen molar-refractivity contribution in [2.45, 2.75) is 60.0 Å². The maximum Gasteiger partial charge on any atom is 0.275 e. The van der Waals surface area contributed by atoms with Gasteiger partial charge in [-0.3, -0.25) is 14.2 Å². The molecule has 0 aliphatic heterocycles. The van der Waals surface area contributed by atoms with E-state index in [1.165, 1.54) is 21.6 Å². The van der Waals surface area contributed by atoms with Crippen LogP contribution >= 0.6 is 11.3 Å². The van der Waals surface area contributed by atoms with Crippen molar-refractivity contribution in [3.63, 3.8) is 0 Å². The third kappa shape index (κ3) is 4.78. The fraction of sp³-hybridized carbons (Fsp3) is 0.346. The molecule has 0 saturated carbocycles. The highest BCUT2D eigenvalue weighted by atomic mass is 32.1. The number of amides is 1. The molecular formula is C26H30N4O2S. The van der Waals surface area contributed by atoms with Crippen LogP contribution in [0.4, 0.5) is 0 Å². The van der Waals surface area contributed by atoms with Gasteiger partial charge in [-0.15, -0.1) is 11.3 Å². The van der Waals surface area contributed by atoms with Gasteiger partial charge in [0.2, 0.25) is 0 Å². The molecule has 3 aromatic heterocycles. The topological polar surface area (TPSA) is 68.9 Å². The fourth-order valence-corrected chi connectivity index (χ4v) is 5.22. The molecule has 6 nitrogen and oxygen atoms in total. The number of allylic oxidation sites excluding steroid dienone is 4. The number of aromatic nitrogens is 3. The van der Waals surface area contributed by atoms with Crippen LogP contribution in [0.15, 0.2) is 58.1 Å². The number of rotatable bonds is 6. The maximum absolute atomic E-state index is 13.4. The summed E-state index contributed by atoms with van der Waals surface area (Å²) in [6.45, 7) is 8.68. The van der Waals surface area contributed by atoms with Gasteiger partial charge in [0.05, 0.1) is 12.0 Å². The Morgan fingerprint density at radius 1 is 1.27 bits per heavy atom. The second-order valence-electron chi connectivity index (χ2n) is 8.52. The Kier molecular flexibility index (Phi) is 6.79. The lowest BCUT2D eigenvalue weighted by Gasteiger charge is -2.17. The summed E-state index contributed by atoms with van der Waals surface area (Å²) in [5, 5.41) is 5.21. The van der Waals surface area contributed by atoms with Crippen molar-refractivity contribution in [1.29, 1.82) is 0 Å². The lowest BCUT2D eigenvalue weighted by Crippen LogP contribution is -2.34. The number of nitrogens with zero attached hydrogens (tertiary/aromatic N) is 3. The van der Waals surface area contributed by atoms with E-state index in [0.717, 1.165) is 30.5 Å². The van der Waals surface area contributed by atoms with Crippen LogP contribution in [-0.4, -0.2) is 20.0 Å². The zero-order valence-electron chi connectivity index (χ0n) is 19.6. The molecule has 0 radical (unpaired) electrons.